The normalized spacial score (nSPS) is 20.3. The van der Waals surface area contributed by atoms with Crippen LogP contribution in [0.5, 0.6) is 0 Å². The molecule has 18 heavy (non-hydrogen) atoms. The standard InChI is InChI=1S/C15H20S2Si/c1-4-12-18(2,3)14-10-11-16-15(17-14)13-8-6-5-7-9-13/h4-10,15H,1,11-12H2,2-3H3. The van der Waals surface area contributed by atoms with Gasteiger partial charge in [0.1, 0.15) is 0 Å². The SMILES string of the molecule is C=CC[Si](C)(C)C1=CCSC(c2ccccc2)S1. The van der Waals surface area contributed by atoms with Gasteiger partial charge in [-0.25, -0.2) is 0 Å². The maximum atomic E-state index is 3.91. The lowest BCUT2D eigenvalue weighted by Gasteiger charge is -2.31. The van der Waals surface area contributed by atoms with Gasteiger partial charge in [-0.3, -0.25) is 0 Å². The van der Waals surface area contributed by atoms with Gasteiger partial charge in [-0.2, -0.15) is 0 Å². The molecule has 0 spiro atoms. The molecule has 0 N–H and O–H groups in total. The van der Waals surface area contributed by atoms with Gasteiger partial charge in [-0.05, 0) is 16.1 Å². The highest BCUT2D eigenvalue weighted by Crippen LogP contribution is 2.49. The smallest absolute Gasteiger partial charge is 0.0921 e. The van der Waals surface area contributed by atoms with Crippen LogP contribution in [0, 0.1) is 0 Å². The lowest BCUT2D eigenvalue weighted by atomic mass is 10.2. The number of benzene rings is 1. The summed E-state index contributed by atoms with van der Waals surface area (Å²) in [5, 5.41) is 0. The first kappa shape index (κ1) is 14.0. The molecule has 1 aromatic carbocycles. The molecule has 0 bridgehead atoms. The molecular weight excluding hydrogens is 272 g/mol. The fourth-order valence-electron chi connectivity index (χ4n) is 2.08. The molecule has 1 unspecified atom stereocenters. The Hall–Kier alpha value is -0.383. The zero-order valence-corrected chi connectivity index (χ0v) is 13.7. The summed E-state index contributed by atoms with van der Waals surface area (Å²) in [6, 6.07) is 12.0. The lowest BCUT2D eigenvalue weighted by Crippen LogP contribution is -2.28. The molecule has 1 heterocycles. The van der Waals surface area contributed by atoms with Crippen molar-refractivity contribution in [2.24, 2.45) is 0 Å². The molecular formula is C15H20S2Si. The lowest BCUT2D eigenvalue weighted by molar-refractivity contribution is 1.37. The Labute approximate surface area is 120 Å². The van der Waals surface area contributed by atoms with Gasteiger partial charge in [-0.1, -0.05) is 55.6 Å². The highest BCUT2D eigenvalue weighted by Gasteiger charge is 2.30. The summed E-state index contributed by atoms with van der Waals surface area (Å²) in [5.41, 5.74) is 1.45. The van der Waals surface area contributed by atoms with E-state index in [1.165, 1.54) is 11.6 Å². The third-order valence-corrected chi connectivity index (χ3v) is 10.5. The van der Waals surface area contributed by atoms with Crippen LogP contribution in [0.25, 0.3) is 0 Å². The number of thioether (sulfide) groups is 2. The molecule has 0 aromatic heterocycles. The van der Waals surface area contributed by atoms with Crippen LogP contribution in [0.3, 0.4) is 0 Å². The first-order chi connectivity index (χ1) is 8.63. The largest absolute Gasteiger partial charge is 0.138 e. The summed E-state index contributed by atoms with van der Waals surface area (Å²) in [4.78, 5) is 0. The molecule has 96 valence electrons. The predicted octanol–water partition coefficient (Wildman–Crippen LogP) is 5.48. The highest BCUT2D eigenvalue weighted by molar-refractivity contribution is 8.19. The topological polar surface area (TPSA) is 0 Å². The number of hydrogen-bond acceptors (Lipinski definition) is 2. The van der Waals surface area contributed by atoms with Crippen LogP contribution in [0.15, 0.2) is 53.6 Å². The summed E-state index contributed by atoms with van der Waals surface area (Å²) in [6.45, 7) is 8.81. The predicted molar refractivity (Wildman–Crippen MR) is 89.8 cm³/mol. The third kappa shape index (κ3) is 3.34. The second-order valence-electron chi connectivity index (χ2n) is 5.14. The van der Waals surface area contributed by atoms with Crippen molar-refractivity contribution in [3.05, 3.63) is 59.2 Å². The van der Waals surface area contributed by atoms with Gasteiger partial charge < -0.3 is 0 Å². The molecule has 0 saturated heterocycles. The van der Waals surface area contributed by atoms with Crippen LogP contribution in [-0.2, 0) is 0 Å². The molecule has 0 aliphatic carbocycles. The van der Waals surface area contributed by atoms with Crippen LogP contribution in [-0.4, -0.2) is 13.8 Å². The van der Waals surface area contributed by atoms with Crippen LogP contribution < -0.4 is 0 Å². The Bertz CT molecular complexity index is 437. The van der Waals surface area contributed by atoms with E-state index in [4.69, 9.17) is 0 Å². The molecule has 3 heteroatoms. The zero-order chi connectivity index (χ0) is 13.0. The molecule has 1 aromatic rings. The van der Waals surface area contributed by atoms with Gasteiger partial charge >= 0.3 is 0 Å². The van der Waals surface area contributed by atoms with Gasteiger partial charge in [0.05, 0.1) is 12.7 Å². The average molecular weight is 293 g/mol. The maximum Gasteiger partial charge on any atom is 0.0921 e. The molecule has 0 radical (unpaired) electrons. The fourth-order valence-corrected chi connectivity index (χ4v) is 8.36. The van der Waals surface area contributed by atoms with Crippen molar-refractivity contribution in [2.75, 3.05) is 5.75 Å². The zero-order valence-electron chi connectivity index (χ0n) is 11.1. The molecule has 0 amide bonds. The molecule has 1 aliphatic rings. The first-order valence-corrected chi connectivity index (χ1v) is 11.4. The van der Waals surface area contributed by atoms with Gasteiger partial charge in [-0.15, -0.1) is 30.1 Å². The van der Waals surface area contributed by atoms with Crippen molar-refractivity contribution in [3.8, 4) is 0 Å². The summed E-state index contributed by atoms with van der Waals surface area (Å²) in [7, 11) is -1.28. The van der Waals surface area contributed by atoms with Gasteiger partial charge in [0.2, 0.25) is 0 Å². The van der Waals surface area contributed by atoms with Crippen LogP contribution in [0.4, 0.5) is 0 Å². The summed E-state index contributed by atoms with van der Waals surface area (Å²) in [5.74, 6) is 1.15. The van der Waals surface area contributed by atoms with E-state index in [-0.39, 0.29) is 0 Å². The average Bonchev–Trinajstić information content (AvgIpc) is 2.40. The Morgan fingerprint density at radius 3 is 2.72 bits per heavy atom. The van der Waals surface area contributed by atoms with Crippen LogP contribution in [0.1, 0.15) is 10.1 Å². The van der Waals surface area contributed by atoms with Crippen molar-refractivity contribution in [1.82, 2.24) is 0 Å². The Kier molecular flexibility index (Phi) is 4.82. The van der Waals surface area contributed by atoms with E-state index in [9.17, 15) is 0 Å². The van der Waals surface area contributed by atoms with E-state index in [1.807, 2.05) is 11.8 Å². The van der Waals surface area contributed by atoms with Crippen molar-refractivity contribution in [3.63, 3.8) is 0 Å². The summed E-state index contributed by atoms with van der Waals surface area (Å²) < 4.78 is 2.22. The van der Waals surface area contributed by atoms with E-state index >= 15 is 0 Å². The van der Waals surface area contributed by atoms with E-state index in [0.717, 1.165) is 5.75 Å². The van der Waals surface area contributed by atoms with E-state index < -0.39 is 8.07 Å². The highest BCUT2D eigenvalue weighted by atomic mass is 32.2. The van der Waals surface area contributed by atoms with Crippen LogP contribution in [0.2, 0.25) is 19.1 Å². The van der Waals surface area contributed by atoms with Crippen molar-refractivity contribution < 1.29 is 0 Å². The Morgan fingerprint density at radius 2 is 2.06 bits per heavy atom. The van der Waals surface area contributed by atoms with Gasteiger partial charge in [0, 0.05) is 5.75 Å². The number of hydrogen-bond donors (Lipinski definition) is 0. The second kappa shape index (κ2) is 6.18. The summed E-state index contributed by atoms with van der Waals surface area (Å²) in [6.07, 6.45) is 4.54. The summed E-state index contributed by atoms with van der Waals surface area (Å²) >= 11 is 4.11. The van der Waals surface area contributed by atoms with E-state index in [1.54, 1.807) is 4.53 Å². The molecule has 0 fully saturated rings. The minimum atomic E-state index is -1.28. The van der Waals surface area contributed by atoms with Crippen molar-refractivity contribution >= 4 is 31.6 Å². The minimum Gasteiger partial charge on any atom is -0.138 e. The van der Waals surface area contributed by atoms with E-state index in [0.29, 0.717) is 4.58 Å². The molecule has 0 saturated carbocycles. The molecule has 0 nitrogen and oxygen atoms in total. The van der Waals surface area contributed by atoms with E-state index in [2.05, 4.69) is 73.9 Å². The van der Waals surface area contributed by atoms with Gasteiger partial charge in [0.25, 0.3) is 0 Å². The second-order valence-corrected chi connectivity index (χ2v) is 12.8. The van der Waals surface area contributed by atoms with Crippen molar-refractivity contribution in [2.45, 2.75) is 23.7 Å². The first-order valence-electron chi connectivity index (χ1n) is 6.28. The number of rotatable bonds is 4. The van der Waals surface area contributed by atoms with Crippen molar-refractivity contribution in [1.29, 1.82) is 0 Å². The minimum absolute atomic E-state index is 0.572. The maximum absolute atomic E-state index is 3.91. The quantitative estimate of drug-likeness (QED) is 0.532. The third-order valence-electron chi connectivity index (χ3n) is 3.14. The molecule has 1 aliphatic heterocycles. The van der Waals surface area contributed by atoms with Crippen LogP contribution >= 0.6 is 23.5 Å². The number of allylic oxidation sites excluding steroid dienone is 1. The Balaban J connectivity index is 2.13. The fraction of sp³-hybridized carbons (Fsp3) is 0.333. The Morgan fingerprint density at radius 1 is 1.33 bits per heavy atom. The van der Waals surface area contributed by atoms with Gasteiger partial charge in [0.15, 0.2) is 0 Å². The molecule has 2 rings (SSSR count). The monoisotopic (exact) mass is 292 g/mol. The molecule has 1 atom stereocenters.